The van der Waals surface area contributed by atoms with Gasteiger partial charge in [0.2, 0.25) is 5.82 Å². The van der Waals surface area contributed by atoms with Gasteiger partial charge in [-0.15, -0.1) is 21.5 Å². The molecule has 214 valence electrons. The number of rotatable bonds is 7. The van der Waals surface area contributed by atoms with Crippen molar-refractivity contribution in [2.24, 2.45) is 5.92 Å². The number of hydrogen-bond donors (Lipinski definition) is 0. The van der Waals surface area contributed by atoms with Crippen LogP contribution in [0.4, 0.5) is 27.8 Å². The lowest BCUT2D eigenvalue weighted by Crippen LogP contribution is -2.40. The molecule has 0 spiro atoms. The summed E-state index contributed by atoms with van der Waals surface area (Å²) in [7, 11) is 0. The summed E-state index contributed by atoms with van der Waals surface area (Å²) in [6.45, 7) is 6.99. The standard InChI is InChI=1S/C24H29F5N6O3S/c1-4-5-15-10-16-18(34-7-8-35-17(11-34)32-33-20(35)23(25,26)24(27,28)29)30-21(31-19(16)39-15)36-12-14-6-9-37-22(2,3)38-13-14/h10,14H,4-9,11-13H2,1-3H3. The van der Waals surface area contributed by atoms with Crippen molar-refractivity contribution in [2.45, 2.75) is 71.0 Å². The molecule has 2 aliphatic rings. The highest BCUT2D eigenvalue weighted by Gasteiger charge is 2.62. The van der Waals surface area contributed by atoms with E-state index in [9.17, 15) is 22.0 Å². The lowest BCUT2D eigenvalue weighted by atomic mass is 10.1. The van der Waals surface area contributed by atoms with E-state index in [1.54, 1.807) is 4.90 Å². The summed E-state index contributed by atoms with van der Waals surface area (Å²) in [6.07, 6.45) is -3.25. The number of halogens is 5. The fraction of sp³-hybridized carbons (Fsp3) is 0.667. The zero-order chi connectivity index (χ0) is 28.0. The number of aromatic nitrogens is 5. The second kappa shape index (κ2) is 10.4. The molecule has 0 N–H and O–H groups in total. The maximum atomic E-state index is 14.0. The summed E-state index contributed by atoms with van der Waals surface area (Å²) in [5.41, 5.74) is 0. The van der Waals surface area contributed by atoms with Gasteiger partial charge < -0.3 is 23.7 Å². The number of nitrogens with zero attached hydrogens (tertiary/aromatic N) is 6. The number of thiophene rings is 1. The Morgan fingerprint density at radius 2 is 1.92 bits per heavy atom. The lowest BCUT2D eigenvalue weighted by molar-refractivity contribution is -0.293. The first-order chi connectivity index (χ1) is 18.4. The van der Waals surface area contributed by atoms with E-state index in [-0.39, 0.29) is 37.4 Å². The molecule has 39 heavy (non-hydrogen) atoms. The van der Waals surface area contributed by atoms with E-state index >= 15 is 0 Å². The molecule has 0 saturated carbocycles. The number of fused-ring (bicyclic) bond motifs is 2. The van der Waals surface area contributed by atoms with Crippen LogP contribution in [0.1, 0.15) is 50.1 Å². The van der Waals surface area contributed by atoms with Crippen LogP contribution in [0.15, 0.2) is 6.07 Å². The molecule has 1 saturated heterocycles. The molecule has 15 heteroatoms. The Kier molecular flexibility index (Phi) is 7.44. The van der Waals surface area contributed by atoms with Crippen LogP contribution in [-0.4, -0.2) is 63.1 Å². The van der Waals surface area contributed by atoms with Crippen LogP contribution >= 0.6 is 11.3 Å². The molecule has 3 aromatic rings. The molecule has 2 aliphatic heterocycles. The fourth-order valence-corrected chi connectivity index (χ4v) is 5.66. The predicted octanol–water partition coefficient (Wildman–Crippen LogP) is 5.08. The Bertz CT molecular complexity index is 1330. The summed E-state index contributed by atoms with van der Waals surface area (Å²) in [6, 6.07) is 2.15. The van der Waals surface area contributed by atoms with E-state index in [0.29, 0.717) is 30.5 Å². The van der Waals surface area contributed by atoms with Crippen molar-refractivity contribution >= 4 is 27.4 Å². The monoisotopic (exact) mass is 576 g/mol. The van der Waals surface area contributed by atoms with Crippen molar-refractivity contribution < 1.29 is 36.2 Å². The van der Waals surface area contributed by atoms with Crippen LogP contribution in [0.2, 0.25) is 0 Å². The minimum absolute atomic E-state index is 0.00311. The smallest absolute Gasteiger partial charge is 0.461 e. The molecule has 1 atom stereocenters. The number of alkyl halides is 5. The maximum Gasteiger partial charge on any atom is 0.461 e. The zero-order valence-corrected chi connectivity index (χ0v) is 22.5. The second-order valence-electron chi connectivity index (χ2n) is 10.1. The van der Waals surface area contributed by atoms with E-state index in [1.807, 2.05) is 19.9 Å². The zero-order valence-electron chi connectivity index (χ0n) is 21.7. The summed E-state index contributed by atoms with van der Waals surface area (Å²) < 4.78 is 85.3. The van der Waals surface area contributed by atoms with E-state index < -0.39 is 23.7 Å². The molecule has 5 rings (SSSR count). The second-order valence-corrected chi connectivity index (χ2v) is 11.2. The average molecular weight is 577 g/mol. The molecule has 9 nitrogen and oxygen atoms in total. The number of hydrogen-bond acceptors (Lipinski definition) is 9. The average Bonchev–Trinajstić information content (AvgIpc) is 3.43. The SMILES string of the molecule is CCCc1cc2c(N3CCn4c(nnc4C(F)(F)C(F)(F)F)C3)nc(OCC3CCOC(C)(C)OC3)nc2s1. The van der Waals surface area contributed by atoms with Crippen LogP contribution in [0.25, 0.3) is 10.2 Å². The lowest BCUT2D eigenvalue weighted by Gasteiger charge is -2.30. The first-order valence-electron chi connectivity index (χ1n) is 12.7. The topological polar surface area (TPSA) is 87.4 Å². The molecular formula is C24H29F5N6O3S. The van der Waals surface area contributed by atoms with Gasteiger partial charge in [-0.2, -0.15) is 31.9 Å². The Morgan fingerprint density at radius 1 is 1.13 bits per heavy atom. The molecule has 1 fully saturated rings. The van der Waals surface area contributed by atoms with Gasteiger partial charge in [-0.1, -0.05) is 13.3 Å². The molecule has 0 aromatic carbocycles. The van der Waals surface area contributed by atoms with Crippen molar-refractivity contribution in [3.8, 4) is 6.01 Å². The molecule has 0 aliphatic carbocycles. The first kappa shape index (κ1) is 27.9. The Balaban J connectivity index is 1.41. The largest absolute Gasteiger partial charge is 0.463 e. The summed E-state index contributed by atoms with van der Waals surface area (Å²) >= 11 is 1.51. The van der Waals surface area contributed by atoms with Crippen LogP contribution < -0.4 is 9.64 Å². The minimum Gasteiger partial charge on any atom is -0.463 e. The highest BCUT2D eigenvalue weighted by Crippen LogP contribution is 2.44. The number of aryl methyl sites for hydroxylation is 1. The predicted molar refractivity (Wildman–Crippen MR) is 132 cm³/mol. The van der Waals surface area contributed by atoms with Gasteiger partial charge in [-0.3, -0.25) is 0 Å². The molecule has 0 radical (unpaired) electrons. The van der Waals surface area contributed by atoms with E-state index in [1.165, 1.54) is 11.3 Å². The fourth-order valence-electron chi connectivity index (χ4n) is 4.55. The summed E-state index contributed by atoms with van der Waals surface area (Å²) in [5.74, 6) is -6.60. The van der Waals surface area contributed by atoms with E-state index in [2.05, 4.69) is 27.1 Å². The molecule has 1 unspecified atom stereocenters. The number of ether oxygens (including phenoxy) is 3. The van der Waals surface area contributed by atoms with E-state index in [0.717, 1.165) is 34.1 Å². The van der Waals surface area contributed by atoms with Gasteiger partial charge in [-0.05, 0) is 32.8 Å². The third-order valence-electron chi connectivity index (χ3n) is 6.68. The third kappa shape index (κ3) is 5.66. The molecule has 0 bridgehead atoms. The quantitative estimate of drug-likeness (QED) is 0.360. The van der Waals surface area contributed by atoms with Crippen molar-refractivity contribution in [2.75, 3.05) is 31.3 Å². The van der Waals surface area contributed by atoms with Gasteiger partial charge >= 0.3 is 18.1 Å². The maximum absolute atomic E-state index is 14.0. The van der Waals surface area contributed by atoms with E-state index in [4.69, 9.17) is 14.2 Å². The van der Waals surface area contributed by atoms with Crippen molar-refractivity contribution in [1.29, 1.82) is 0 Å². The van der Waals surface area contributed by atoms with Gasteiger partial charge in [0, 0.05) is 23.9 Å². The minimum atomic E-state index is -5.77. The van der Waals surface area contributed by atoms with Gasteiger partial charge in [0.05, 0.1) is 31.8 Å². The molecular weight excluding hydrogens is 547 g/mol. The van der Waals surface area contributed by atoms with Crippen molar-refractivity contribution in [1.82, 2.24) is 24.7 Å². The third-order valence-corrected chi connectivity index (χ3v) is 7.77. The van der Waals surface area contributed by atoms with Crippen LogP contribution in [-0.2, 0) is 34.9 Å². The van der Waals surface area contributed by atoms with Gasteiger partial charge in [0.15, 0.2) is 11.6 Å². The Morgan fingerprint density at radius 3 is 2.67 bits per heavy atom. The Hall–Kier alpha value is -2.65. The van der Waals surface area contributed by atoms with Crippen LogP contribution in [0, 0.1) is 5.92 Å². The number of anilines is 1. The van der Waals surface area contributed by atoms with Crippen molar-refractivity contribution in [3.63, 3.8) is 0 Å². The van der Waals surface area contributed by atoms with Crippen molar-refractivity contribution in [3.05, 3.63) is 22.6 Å². The van der Waals surface area contributed by atoms with Gasteiger partial charge in [0.25, 0.3) is 0 Å². The molecule has 0 amide bonds. The highest BCUT2D eigenvalue weighted by molar-refractivity contribution is 7.18. The van der Waals surface area contributed by atoms with Gasteiger partial charge in [-0.25, -0.2) is 0 Å². The molecule has 3 aromatic heterocycles. The van der Waals surface area contributed by atoms with Crippen LogP contribution in [0.3, 0.4) is 0 Å². The molecule has 5 heterocycles. The highest BCUT2D eigenvalue weighted by atomic mass is 32.1. The first-order valence-corrected chi connectivity index (χ1v) is 13.5. The summed E-state index contributed by atoms with van der Waals surface area (Å²) in [5, 5.41) is 7.63. The summed E-state index contributed by atoms with van der Waals surface area (Å²) in [4.78, 5) is 12.8. The Labute approximate surface area is 225 Å². The van der Waals surface area contributed by atoms with Crippen LogP contribution in [0.5, 0.6) is 6.01 Å². The van der Waals surface area contributed by atoms with Gasteiger partial charge in [0.1, 0.15) is 10.6 Å². The normalized spacial score (nSPS) is 20.2.